The van der Waals surface area contributed by atoms with Crippen molar-refractivity contribution in [2.24, 2.45) is 0 Å². The Labute approximate surface area is 153 Å². The van der Waals surface area contributed by atoms with Crippen LogP contribution < -0.4 is 10.1 Å². The molecule has 0 aliphatic heterocycles. The third-order valence-corrected chi connectivity index (χ3v) is 3.67. The number of amides is 1. The minimum atomic E-state index is -4.43. The molecule has 0 aliphatic carbocycles. The molecular formula is C19H18F3NO4. The van der Waals surface area contributed by atoms with Gasteiger partial charge in [-0.2, -0.15) is 13.2 Å². The minimum Gasteiger partial charge on any atom is -0.478 e. The second-order valence-corrected chi connectivity index (χ2v) is 6.36. The van der Waals surface area contributed by atoms with Gasteiger partial charge in [0, 0.05) is 5.69 Å². The van der Waals surface area contributed by atoms with Crippen molar-refractivity contribution in [2.75, 3.05) is 5.32 Å². The summed E-state index contributed by atoms with van der Waals surface area (Å²) in [7, 11) is 0. The highest BCUT2D eigenvalue weighted by Crippen LogP contribution is 2.29. The number of hydrogen-bond donors (Lipinski definition) is 2. The van der Waals surface area contributed by atoms with Crippen molar-refractivity contribution < 1.29 is 32.6 Å². The fourth-order valence-electron chi connectivity index (χ4n) is 2.15. The molecule has 0 fully saturated rings. The van der Waals surface area contributed by atoms with E-state index < -0.39 is 29.2 Å². The van der Waals surface area contributed by atoms with E-state index in [0.29, 0.717) is 11.3 Å². The summed E-state index contributed by atoms with van der Waals surface area (Å²) in [5.41, 5.74) is -1.28. The van der Waals surface area contributed by atoms with Gasteiger partial charge in [-0.3, -0.25) is 4.79 Å². The van der Waals surface area contributed by atoms with Crippen molar-refractivity contribution in [2.45, 2.75) is 32.0 Å². The quantitative estimate of drug-likeness (QED) is 0.789. The highest BCUT2D eigenvalue weighted by atomic mass is 19.4. The van der Waals surface area contributed by atoms with E-state index in [1.807, 2.05) is 0 Å². The maximum atomic E-state index is 12.5. The molecule has 5 nitrogen and oxygen atoms in total. The first-order chi connectivity index (χ1) is 12.5. The van der Waals surface area contributed by atoms with Crippen LogP contribution in [0, 0.1) is 0 Å². The summed E-state index contributed by atoms with van der Waals surface area (Å²) in [5, 5.41) is 11.6. The van der Waals surface area contributed by atoms with Crippen molar-refractivity contribution in [1.29, 1.82) is 0 Å². The average molecular weight is 381 g/mol. The number of halogens is 3. The van der Waals surface area contributed by atoms with Gasteiger partial charge >= 0.3 is 12.1 Å². The van der Waals surface area contributed by atoms with E-state index in [9.17, 15) is 22.8 Å². The fraction of sp³-hybridized carbons (Fsp3) is 0.263. The largest absolute Gasteiger partial charge is 0.478 e. The topological polar surface area (TPSA) is 75.6 Å². The number of hydrogen-bond acceptors (Lipinski definition) is 3. The molecule has 2 aromatic rings. The zero-order chi connectivity index (χ0) is 20.2. The summed E-state index contributed by atoms with van der Waals surface area (Å²) in [6.45, 7) is 2.83. The minimum absolute atomic E-state index is 0.00360. The summed E-state index contributed by atoms with van der Waals surface area (Å²) in [6, 6.07) is 10.5. The molecule has 2 rings (SSSR count). The summed E-state index contributed by atoms with van der Waals surface area (Å²) < 4.78 is 42.9. The summed E-state index contributed by atoms with van der Waals surface area (Å²) in [4.78, 5) is 23.1. The smallest absolute Gasteiger partial charge is 0.416 e. The predicted molar refractivity (Wildman–Crippen MR) is 92.6 cm³/mol. The zero-order valence-electron chi connectivity index (χ0n) is 14.6. The van der Waals surface area contributed by atoms with Gasteiger partial charge in [0.05, 0.1) is 12.0 Å². The van der Waals surface area contributed by atoms with Crippen LogP contribution in [0.2, 0.25) is 0 Å². The van der Waals surface area contributed by atoms with E-state index in [0.717, 1.165) is 12.1 Å². The number of carbonyl (C=O) groups is 2. The van der Waals surface area contributed by atoms with Gasteiger partial charge in [-0.05, 0) is 55.8 Å². The summed E-state index contributed by atoms with van der Waals surface area (Å²) in [6.07, 6.45) is -4.43. The van der Waals surface area contributed by atoms with Crippen molar-refractivity contribution in [3.63, 3.8) is 0 Å². The second-order valence-electron chi connectivity index (χ2n) is 6.36. The molecule has 0 atom stereocenters. The van der Waals surface area contributed by atoms with Crippen molar-refractivity contribution in [3.8, 4) is 5.75 Å². The molecule has 8 heteroatoms. The number of aliphatic carboxylic acids is 1. The number of nitrogens with one attached hydrogen (secondary N) is 1. The van der Waals surface area contributed by atoms with E-state index in [-0.39, 0.29) is 12.1 Å². The molecule has 0 heterocycles. The maximum Gasteiger partial charge on any atom is 0.416 e. The van der Waals surface area contributed by atoms with Crippen LogP contribution in [-0.4, -0.2) is 22.6 Å². The maximum absolute atomic E-state index is 12.5. The van der Waals surface area contributed by atoms with Crippen LogP contribution in [0.3, 0.4) is 0 Å². The van der Waals surface area contributed by atoms with Crippen LogP contribution >= 0.6 is 0 Å². The normalized spacial score (nSPS) is 11.7. The molecule has 0 aromatic heterocycles. The Kier molecular flexibility index (Phi) is 5.78. The van der Waals surface area contributed by atoms with E-state index in [1.54, 1.807) is 24.3 Å². The van der Waals surface area contributed by atoms with E-state index >= 15 is 0 Å². The van der Waals surface area contributed by atoms with Crippen LogP contribution in [0.15, 0.2) is 48.5 Å². The fourth-order valence-corrected chi connectivity index (χ4v) is 2.15. The van der Waals surface area contributed by atoms with Gasteiger partial charge in [0.15, 0.2) is 5.60 Å². The molecule has 1 amide bonds. The molecule has 0 saturated heterocycles. The van der Waals surface area contributed by atoms with E-state index in [4.69, 9.17) is 9.84 Å². The van der Waals surface area contributed by atoms with Crippen molar-refractivity contribution in [3.05, 3.63) is 59.7 Å². The SMILES string of the molecule is CC(C)(Oc1ccc(CC(=O)Nc2ccc(C(F)(F)F)cc2)cc1)C(=O)O. The van der Waals surface area contributed by atoms with Gasteiger partial charge < -0.3 is 15.2 Å². The molecule has 2 N–H and O–H groups in total. The molecule has 0 saturated carbocycles. The first-order valence-corrected chi connectivity index (χ1v) is 7.96. The number of alkyl halides is 3. The van der Waals surface area contributed by atoms with Crippen LogP contribution in [0.5, 0.6) is 5.75 Å². The van der Waals surface area contributed by atoms with E-state index in [1.165, 1.54) is 26.0 Å². The van der Waals surface area contributed by atoms with Crippen LogP contribution in [0.25, 0.3) is 0 Å². The molecule has 0 radical (unpaired) electrons. The number of rotatable bonds is 6. The highest BCUT2D eigenvalue weighted by molar-refractivity contribution is 5.92. The third kappa shape index (κ3) is 5.73. The van der Waals surface area contributed by atoms with Crippen LogP contribution in [0.4, 0.5) is 18.9 Å². The number of anilines is 1. The van der Waals surface area contributed by atoms with Gasteiger partial charge in [0.2, 0.25) is 5.91 Å². The van der Waals surface area contributed by atoms with Crippen LogP contribution in [0.1, 0.15) is 25.0 Å². The van der Waals surface area contributed by atoms with Gasteiger partial charge in [-0.25, -0.2) is 4.79 Å². The Morgan fingerprint density at radius 2 is 1.56 bits per heavy atom. The molecule has 0 aliphatic rings. The van der Waals surface area contributed by atoms with Gasteiger partial charge in [-0.15, -0.1) is 0 Å². The molecule has 0 bridgehead atoms. The molecular weight excluding hydrogens is 363 g/mol. The summed E-state index contributed by atoms with van der Waals surface area (Å²) in [5.74, 6) is -1.16. The average Bonchev–Trinajstić information content (AvgIpc) is 2.56. The second kappa shape index (κ2) is 7.69. The molecule has 0 unspecified atom stereocenters. The van der Waals surface area contributed by atoms with Crippen molar-refractivity contribution >= 4 is 17.6 Å². The first kappa shape index (κ1) is 20.3. The Bertz CT molecular complexity index is 812. The predicted octanol–water partition coefficient (Wildman–Crippen LogP) is 4.13. The molecule has 27 heavy (non-hydrogen) atoms. The lowest BCUT2D eigenvalue weighted by molar-refractivity contribution is -0.152. The lowest BCUT2D eigenvalue weighted by Crippen LogP contribution is -2.37. The lowest BCUT2D eigenvalue weighted by Gasteiger charge is -2.21. The first-order valence-electron chi connectivity index (χ1n) is 7.96. The number of carbonyl (C=O) groups excluding carboxylic acids is 1. The van der Waals surface area contributed by atoms with Crippen molar-refractivity contribution in [1.82, 2.24) is 0 Å². The monoisotopic (exact) mass is 381 g/mol. The van der Waals surface area contributed by atoms with Gasteiger partial charge in [0.1, 0.15) is 5.75 Å². The third-order valence-electron chi connectivity index (χ3n) is 3.67. The number of ether oxygens (including phenoxy) is 1. The highest BCUT2D eigenvalue weighted by Gasteiger charge is 2.30. The summed E-state index contributed by atoms with van der Waals surface area (Å²) >= 11 is 0. The lowest BCUT2D eigenvalue weighted by atomic mass is 10.1. The zero-order valence-corrected chi connectivity index (χ0v) is 14.6. The van der Waals surface area contributed by atoms with Gasteiger partial charge in [-0.1, -0.05) is 12.1 Å². The molecule has 144 valence electrons. The Hall–Kier alpha value is -3.03. The number of carboxylic acids is 1. The van der Waals surface area contributed by atoms with Crippen LogP contribution in [-0.2, 0) is 22.2 Å². The Balaban J connectivity index is 1.95. The Morgan fingerprint density at radius 3 is 2.04 bits per heavy atom. The molecule has 2 aromatic carbocycles. The van der Waals surface area contributed by atoms with E-state index in [2.05, 4.69) is 5.32 Å². The number of carboxylic acid groups (broad SMARTS) is 1. The van der Waals surface area contributed by atoms with Gasteiger partial charge in [0.25, 0.3) is 0 Å². The number of benzene rings is 2. The Morgan fingerprint density at radius 1 is 1.00 bits per heavy atom. The standard InChI is InChI=1S/C19H18F3NO4/c1-18(2,17(25)26)27-15-9-3-12(4-10-15)11-16(24)23-14-7-5-13(6-8-14)19(20,21)22/h3-10H,11H2,1-2H3,(H,23,24)(H,25,26). The molecule has 0 spiro atoms.